The number of aromatic nitrogens is 1. The lowest BCUT2D eigenvalue weighted by atomic mass is 10.1. The lowest BCUT2D eigenvalue weighted by Gasteiger charge is -2.10. The molecule has 1 heterocycles. The number of pyridine rings is 1. The topological polar surface area (TPSA) is 62.2 Å². The van der Waals surface area contributed by atoms with E-state index in [0.717, 1.165) is 10.8 Å². The highest BCUT2D eigenvalue weighted by Crippen LogP contribution is 2.25. The van der Waals surface area contributed by atoms with Gasteiger partial charge in [-0.15, -0.1) is 0 Å². The third kappa shape index (κ3) is 2.67. The summed E-state index contributed by atoms with van der Waals surface area (Å²) >= 11 is 0. The predicted octanol–water partition coefficient (Wildman–Crippen LogP) is 3.82. The highest BCUT2D eigenvalue weighted by atomic mass is 19.1. The Bertz CT molecular complexity index is 833. The van der Waals surface area contributed by atoms with Crippen LogP contribution < -0.4 is 5.32 Å². The number of carbonyl (C=O) groups is 1. The zero-order chi connectivity index (χ0) is 14.8. The van der Waals surface area contributed by atoms with E-state index in [1.807, 2.05) is 18.2 Å². The molecule has 21 heavy (non-hydrogen) atoms. The molecule has 0 saturated heterocycles. The Morgan fingerprint density at radius 1 is 1.10 bits per heavy atom. The van der Waals surface area contributed by atoms with Gasteiger partial charge in [0.25, 0.3) is 0 Å². The van der Waals surface area contributed by atoms with Gasteiger partial charge in [-0.2, -0.15) is 0 Å². The fraction of sp³-hybridized carbons (Fsp3) is 0. The molecule has 0 atom stereocenters. The summed E-state index contributed by atoms with van der Waals surface area (Å²) in [6.07, 6.45) is 0. The van der Waals surface area contributed by atoms with Crippen molar-refractivity contribution in [2.45, 2.75) is 0 Å². The quantitative estimate of drug-likeness (QED) is 0.766. The summed E-state index contributed by atoms with van der Waals surface area (Å²) in [5.41, 5.74) is 0.447. The van der Waals surface area contributed by atoms with Crippen molar-refractivity contribution in [3.63, 3.8) is 0 Å². The molecule has 4 nitrogen and oxygen atoms in total. The summed E-state index contributed by atoms with van der Waals surface area (Å²) < 4.78 is 13.2. The normalized spacial score (nSPS) is 10.5. The van der Waals surface area contributed by atoms with E-state index in [9.17, 15) is 9.18 Å². The van der Waals surface area contributed by atoms with E-state index in [0.29, 0.717) is 11.5 Å². The maximum atomic E-state index is 13.2. The van der Waals surface area contributed by atoms with Crippen LogP contribution in [0.1, 0.15) is 10.5 Å². The first-order chi connectivity index (χ1) is 10.1. The second kappa shape index (κ2) is 5.20. The molecule has 104 valence electrons. The molecule has 0 aliphatic rings. The van der Waals surface area contributed by atoms with Crippen LogP contribution in [0.5, 0.6) is 0 Å². The van der Waals surface area contributed by atoms with Gasteiger partial charge in [0.1, 0.15) is 11.6 Å². The number of carboxylic acids is 1. The SMILES string of the molecule is O=C(O)c1cc2ccccc2c(Nc2cccc(F)c2)n1. The predicted molar refractivity (Wildman–Crippen MR) is 78.4 cm³/mol. The van der Waals surface area contributed by atoms with Crippen LogP contribution in [0.4, 0.5) is 15.9 Å². The van der Waals surface area contributed by atoms with E-state index in [-0.39, 0.29) is 11.5 Å². The van der Waals surface area contributed by atoms with Crippen LogP contribution in [-0.2, 0) is 0 Å². The summed E-state index contributed by atoms with van der Waals surface area (Å²) in [6, 6.07) is 14.7. The van der Waals surface area contributed by atoms with Crippen molar-refractivity contribution in [2.24, 2.45) is 0 Å². The van der Waals surface area contributed by atoms with Gasteiger partial charge in [-0.05, 0) is 29.7 Å². The minimum Gasteiger partial charge on any atom is -0.477 e. The van der Waals surface area contributed by atoms with Crippen LogP contribution in [0.3, 0.4) is 0 Å². The molecule has 2 aromatic carbocycles. The molecular formula is C16H11FN2O2. The van der Waals surface area contributed by atoms with Gasteiger partial charge in [-0.1, -0.05) is 30.3 Å². The zero-order valence-electron chi connectivity index (χ0n) is 10.9. The van der Waals surface area contributed by atoms with Crippen LogP contribution in [0.2, 0.25) is 0 Å². The number of halogens is 1. The Morgan fingerprint density at radius 3 is 2.67 bits per heavy atom. The van der Waals surface area contributed by atoms with E-state index in [2.05, 4.69) is 10.3 Å². The number of nitrogens with one attached hydrogen (secondary N) is 1. The monoisotopic (exact) mass is 282 g/mol. The summed E-state index contributed by atoms with van der Waals surface area (Å²) in [5, 5.41) is 13.6. The highest BCUT2D eigenvalue weighted by molar-refractivity contribution is 5.98. The average molecular weight is 282 g/mol. The van der Waals surface area contributed by atoms with Gasteiger partial charge in [-0.3, -0.25) is 0 Å². The highest BCUT2D eigenvalue weighted by Gasteiger charge is 2.11. The zero-order valence-corrected chi connectivity index (χ0v) is 10.9. The third-order valence-corrected chi connectivity index (χ3v) is 3.05. The van der Waals surface area contributed by atoms with Crippen molar-refractivity contribution in [3.8, 4) is 0 Å². The number of benzene rings is 2. The first-order valence-electron chi connectivity index (χ1n) is 6.29. The first-order valence-corrected chi connectivity index (χ1v) is 6.29. The Kier molecular flexibility index (Phi) is 3.23. The van der Waals surface area contributed by atoms with Crippen LogP contribution in [0, 0.1) is 5.82 Å². The van der Waals surface area contributed by atoms with Crippen molar-refractivity contribution in [1.82, 2.24) is 4.98 Å². The van der Waals surface area contributed by atoms with Gasteiger partial charge in [0.2, 0.25) is 0 Å². The minimum absolute atomic E-state index is 0.0624. The van der Waals surface area contributed by atoms with Gasteiger partial charge in [0, 0.05) is 11.1 Å². The maximum Gasteiger partial charge on any atom is 0.354 e. The number of hydrogen-bond donors (Lipinski definition) is 2. The molecular weight excluding hydrogens is 271 g/mol. The summed E-state index contributed by atoms with van der Waals surface area (Å²) in [4.78, 5) is 15.2. The number of nitrogens with zero attached hydrogens (tertiary/aromatic N) is 1. The van der Waals surface area contributed by atoms with Crippen LogP contribution >= 0.6 is 0 Å². The smallest absolute Gasteiger partial charge is 0.354 e. The van der Waals surface area contributed by atoms with Crippen molar-refractivity contribution in [3.05, 3.63) is 66.1 Å². The molecule has 3 rings (SSSR count). The minimum atomic E-state index is -1.11. The summed E-state index contributed by atoms with van der Waals surface area (Å²) in [7, 11) is 0. The number of fused-ring (bicyclic) bond motifs is 1. The molecule has 0 radical (unpaired) electrons. The Labute approximate surface area is 119 Å². The lowest BCUT2D eigenvalue weighted by Crippen LogP contribution is -2.04. The molecule has 3 aromatic rings. The largest absolute Gasteiger partial charge is 0.477 e. The maximum absolute atomic E-state index is 13.2. The molecule has 0 unspecified atom stereocenters. The Hall–Kier alpha value is -2.95. The van der Waals surface area contributed by atoms with Crippen molar-refractivity contribution in [2.75, 3.05) is 5.32 Å². The molecule has 0 fully saturated rings. The van der Waals surface area contributed by atoms with Crippen molar-refractivity contribution >= 4 is 28.2 Å². The van der Waals surface area contributed by atoms with Gasteiger partial charge in [0.15, 0.2) is 5.69 Å². The van der Waals surface area contributed by atoms with E-state index < -0.39 is 5.97 Å². The molecule has 2 N–H and O–H groups in total. The molecule has 0 aliphatic heterocycles. The first kappa shape index (κ1) is 13.1. The van der Waals surface area contributed by atoms with Crippen molar-refractivity contribution < 1.29 is 14.3 Å². The second-order valence-corrected chi connectivity index (χ2v) is 4.52. The lowest BCUT2D eigenvalue weighted by molar-refractivity contribution is 0.0691. The van der Waals surface area contributed by atoms with Gasteiger partial charge in [-0.25, -0.2) is 14.2 Å². The third-order valence-electron chi connectivity index (χ3n) is 3.05. The molecule has 0 bridgehead atoms. The molecule has 5 heteroatoms. The van der Waals surface area contributed by atoms with E-state index in [1.165, 1.54) is 18.2 Å². The fourth-order valence-corrected chi connectivity index (χ4v) is 2.11. The Morgan fingerprint density at radius 2 is 1.90 bits per heavy atom. The average Bonchev–Trinajstić information content (AvgIpc) is 2.47. The fourth-order valence-electron chi connectivity index (χ4n) is 2.11. The van der Waals surface area contributed by atoms with Crippen molar-refractivity contribution in [1.29, 1.82) is 0 Å². The summed E-state index contributed by atoms with van der Waals surface area (Å²) in [6.45, 7) is 0. The number of rotatable bonds is 3. The van der Waals surface area contributed by atoms with Crippen LogP contribution in [0.25, 0.3) is 10.8 Å². The Balaban J connectivity index is 2.13. The van der Waals surface area contributed by atoms with E-state index >= 15 is 0 Å². The van der Waals surface area contributed by atoms with E-state index in [4.69, 9.17) is 5.11 Å². The molecule has 0 spiro atoms. The molecule has 0 aliphatic carbocycles. The standard InChI is InChI=1S/C16H11FN2O2/c17-11-5-3-6-12(9-11)18-15-13-7-2-1-4-10(13)8-14(19-15)16(20)21/h1-9H,(H,18,19)(H,20,21). The number of anilines is 2. The van der Waals surface area contributed by atoms with Gasteiger partial charge < -0.3 is 10.4 Å². The molecule has 1 aromatic heterocycles. The van der Waals surface area contributed by atoms with Gasteiger partial charge in [0.05, 0.1) is 0 Å². The molecule has 0 saturated carbocycles. The summed E-state index contributed by atoms with van der Waals surface area (Å²) in [5.74, 6) is -1.10. The number of carboxylic acid groups (broad SMARTS) is 1. The number of hydrogen-bond acceptors (Lipinski definition) is 3. The van der Waals surface area contributed by atoms with Gasteiger partial charge >= 0.3 is 5.97 Å². The number of aromatic carboxylic acids is 1. The van der Waals surface area contributed by atoms with Crippen LogP contribution in [-0.4, -0.2) is 16.1 Å². The molecule has 0 amide bonds. The van der Waals surface area contributed by atoms with E-state index in [1.54, 1.807) is 18.2 Å². The van der Waals surface area contributed by atoms with Crippen LogP contribution in [0.15, 0.2) is 54.6 Å². The second-order valence-electron chi connectivity index (χ2n) is 4.52.